The lowest BCUT2D eigenvalue weighted by molar-refractivity contribution is -0.0581. The van der Waals surface area contributed by atoms with Crippen molar-refractivity contribution in [2.24, 2.45) is 0 Å². The van der Waals surface area contributed by atoms with Gasteiger partial charge < -0.3 is 20.1 Å². The highest BCUT2D eigenvalue weighted by Gasteiger charge is 2.41. The predicted molar refractivity (Wildman–Crippen MR) is 156 cm³/mol. The van der Waals surface area contributed by atoms with Crippen LogP contribution in [0.1, 0.15) is 58.9 Å². The smallest absolute Gasteiger partial charge is 0.272 e. The van der Waals surface area contributed by atoms with Crippen LogP contribution in [0.2, 0.25) is 0 Å². The molecular weight excluding hydrogens is 510 g/mol. The average molecular weight is 546 g/mol. The van der Waals surface area contributed by atoms with E-state index in [-0.39, 0.29) is 28.8 Å². The molecule has 3 heterocycles. The molecule has 2 atom stereocenters. The fraction of sp³-hybridized carbons (Fsp3) is 0.355. The minimum Gasteiger partial charge on any atom is -0.508 e. The molecule has 1 aliphatic rings. The molecule has 210 valence electrons. The van der Waals surface area contributed by atoms with E-state index < -0.39 is 22.8 Å². The molecule has 0 bridgehead atoms. The zero-order chi connectivity index (χ0) is 28.8. The Hall–Kier alpha value is -4.24. The van der Waals surface area contributed by atoms with Gasteiger partial charge in [0.1, 0.15) is 17.1 Å². The first-order valence-corrected chi connectivity index (χ1v) is 13.5. The number of phenolic OH excluding ortho intramolecular Hbond substituents is 1. The number of aromatic amines is 2. The van der Waals surface area contributed by atoms with Gasteiger partial charge >= 0.3 is 0 Å². The van der Waals surface area contributed by atoms with E-state index in [1.807, 2.05) is 6.92 Å². The van der Waals surface area contributed by atoms with Gasteiger partial charge in [-0.25, -0.2) is 0 Å². The number of rotatable bonds is 7. The number of nitrogens with zero attached hydrogens (tertiary/aromatic N) is 1. The first-order chi connectivity index (χ1) is 19.0. The quantitative estimate of drug-likeness (QED) is 0.205. The predicted octanol–water partition coefficient (Wildman–Crippen LogP) is 5.10. The van der Waals surface area contributed by atoms with Gasteiger partial charge in [0.15, 0.2) is 0 Å². The maximum absolute atomic E-state index is 12.7. The van der Waals surface area contributed by atoms with Crippen molar-refractivity contribution < 1.29 is 20.1 Å². The topological polar surface area (TPSA) is 141 Å². The minimum atomic E-state index is -0.925. The molecule has 0 spiro atoms. The van der Waals surface area contributed by atoms with Crippen LogP contribution < -0.4 is 15.9 Å². The summed E-state index contributed by atoms with van der Waals surface area (Å²) in [5.41, 5.74) is 1.44. The van der Waals surface area contributed by atoms with Crippen molar-refractivity contribution in [3.63, 3.8) is 0 Å². The number of aliphatic hydroxyl groups is 1. The molecule has 0 radical (unpaired) electrons. The SMILES string of the molecule is CC(C)=CCCC(C)=CCCC1(C)Oc2c(c(O)cc3c(O)n(-c4cccc5c(=O)[nH][nH]c(=O)c45)cc23)CC1O. The maximum Gasteiger partial charge on any atom is 0.272 e. The molecule has 9 heteroatoms. The van der Waals surface area contributed by atoms with Gasteiger partial charge in [0, 0.05) is 23.6 Å². The molecule has 0 amide bonds. The van der Waals surface area contributed by atoms with E-state index in [1.165, 1.54) is 27.8 Å². The molecule has 2 unspecified atom stereocenters. The fourth-order valence-corrected chi connectivity index (χ4v) is 5.47. The van der Waals surface area contributed by atoms with Crippen molar-refractivity contribution in [2.45, 2.75) is 71.5 Å². The Morgan fingerprint density at radius 2 is 1.82 bits per heavy atom. The standard InChI is InChI=1S/C31H35N3O6/c1-17(2)8-5-9-18(3)10-7-13-31(4)25(36)15-21-24(35)14-20-22(27(21)40-31)16-34(30(20)39)23-12-6-11-19-26(23)29(38)33-32-28(19)37/h6,8,10-12,14,16,25,35-36,39H,5,7,9,13,15H2,1-4H3,(H,32,37)(H,33,38). The molecule has 5 rings (SSSR count). The van der Waals surface area contributed by atoms with Crippen molar-refractivity contribution in [1.82, 2.24) is 14.8 Å². The van der Waals surface area contributed by atoms with Gasteiger partial charge in [-0.3, -0.25) is 24.4 Å². The highest BCUT2D eigenvalue weighted by molar-refractivity contribution is 5.98. The molecule has 2 aromatic carbocycles. The zero-order valence-corrected chi connectivity index (χ0v) is 23.2. The number of fused-ring (bicyclic) bond motifs is 4. The molecule has 0 saturated carbocycles. The normalized spacial score (nSPS) is 19.0. The summed E-state index contributed by atoms with van der Waals surface area (Å²) >= 11 is 0. The molecule has 2 aromatic heterocycles. The average Bonchev–Trinajstić information content (AvgIpc) is 3.23. The van der Waals surface area contributed by atoms with Crippen LogP contribution in [0.25, 0.3) is 27.2 Å². The van der Waals surface area contributed by atoms with Gasteiger partial charge in [0.05, 0.1) is 28.0 Å². The first-order valence-electron chi connectivity index (χ1n) is 13.5. The molecular formula is C31H35N3O6. The van der Waals surface area contributed by atoms with E-state index in [2.05, 4.69) is 43.1 Å². The Balaban J connectivity index is 1.53. The summed E-state index contributed by atoms with van der Waals surface area (Å²) in [5.74, 6) is 0.0682. The highest BCUT2D eigenvalue weighted by Crippen LogP contribution is 2.48. The summed E-state index contributed by atoms with van der Waals surface area (Å²) in [5, 5.41) is 38.9. The van der Waals surface area contributed by atoms with Gasteiger partial charge in [-0.15, -0.1) is 0 Å². The molecule has 1 aliphatic heterocycles. The molecule has 40 heavy (non-hydrogen) atoms. The van der Waals surface area contributed by atoms with Gasteiger partial charge in [0.2, 0.25) is 5.88 Å². The summed E-state index contributed by atoms with van der Waals surface area (Å²) in [4.78, 5) is 25.0. The summed E-state index contributed by atoms with van der Waals surface area (Å²) in [7, 11) is 0. The zero-order valence-electron chi connectivity index (χ0n) is 23.2. The minimum absolute atomic E-state index is 0.0983. The molecule has 0 saturated heterocycles. The fourth-order valence-electron chi connectivity index (χ4n) is 5.47. The lowest BCUT2D eigenvalue weighted by atomic mass is 9.84. The number of aliphatic hydroxyl groups excluding tert-OH is 1. The highest BCUT2D eigenvalue weighted by atomic mass is 16.5. The lowest BCUT2D eigenvalue weighted by Crippen LogP contribution is -2.48. The molecule has 0 aliphatic carbocycles. The second-order valence-electron chi connectivity index (χ2n) is 11.1. The van der Waals surface area contributed by atoms with E-state index in [1.54, 1.807) is 18.3 Å². The number of nitrogens with one attached hydrogen (secondary N) is 2. The van der Waals surface area contributed by atoms with Crippen molar-refractivity contribution in [2.75, 3.05) is 0 Å². The number of aromatic nitrogens is 3. The Morgan fingerprint density at radius 3 is 2.58 bits per heavy atom. The van der Waals surface area contributed by atoms with E-state index in [4.69, 9.17) is 4.74 Å². The summed E-state index contributed by atoms with van der Waals surface area (Å²) in [6, 6.07) is 6.22. The second-order valence-corrected chi connectivity index (χ2v) is 11.1. The van der Waals surface area contributed by atoms with Crippen LogP contribution in [0.4, 0.5) is 0 Å². The van der Waals surface area contributed by atoms with E-state index in [0.29, 0.717) is 40.6 Å². The van der Waals surface area contributed by atoms with Crippen LogP contribution in [-0.2, 0) is 6.42 Å². The molecule has 5 N–H and O–H groups in total. The third kappa shape index (κ3) is 4.81. The number of aromatic hydroxyl groups is 2. The van der Waals surface area contributed by atoms with Crippen LogP contribution in [0.15, 0.2) is 63.3 Å². The number of H-pyrrole nitrogens is 2. The van der Waals surface area contributed by atoms with Gasteiger partial charge in [0.25, 0.3) is 11.1 Å². The van der Waals surface area contributed by atoms with Crippen molar-refractivity contribution >= 4 is 21.5 Å². The Kier molecular flexibility index (Phi) is 7.10. The molecule has 0 fully saturated rings. The first kappa shape index (κ1) is 27.3. The Bertz CT molecular complexity index is 1790. The summed E-state index contributed by atoms with van der Waals surface area (Å²) in [6.07, 6.45) is 8.59. The van der Waals surface area contributed by atoms with Crippen LogP contribution >= 0.6 is 0 Å². The van der Waals surface area contributed by atoms with E-state index in [0.717, 1.165) is 12.8 Å². The monoisotopic (exact) mass is 545 g/mol. The Morgan fingerprint density at radius 1 is 1.07 bits per heavy atom. The third-order valence-electron chi connectivity index (χ3n) is 7.85. The molecule has 9 nitrogen and oxygen atoms in total. The largest absolute Gasteiger partial charge is 0.508 e. The van der Waals surface area contributed by atoms with Crippen molar-refractivity contribution in [1.29, 1.82) is 0 Å². The third-order valence-corrected chi connectivity index (χ3v) is 7.85. The van der Waals surface area contributed by atoms with E-state index in [9.17, 15) is 24.9 Å². The second kappa shape index (κ2) is 10.4. The van der Waals surface area contributed by atoms with Crippen LogP contribution in [0.3, 0.4) is 0 Å². The van der Waals surface area contributed by atoms with Crippen molar-refractivity contribution in [3.05, 3.63) is 80.0 Å². The summed E-state index contributed by atoms with van der Waals surface area (Å²) in [6.45, 7) is 8.14. The van der Waals surface area contributed by atoms with Gasteiger partial charge in [-0.2, -0.15) is 0 Å². The van der Waals surface area contributed by atoms with Gasteiger partial charge in [-0.05, 0) is 71.6 Å². The van der Waals surface area contributed by atoms with E-state index >= 15 is 0 Å². The number of allylic oxidation sites excluding steroid dienone is 4. The van der Waals surface area contributed by atoms with Gasteiger partial charge in [-0.1, -0.05) is 29.4 Å². The Labute approximate surface area is 231 Å². The van der Waals surface area contributed by atoms with Crippen molar-refractivity contribution in [3.8, 4) is 23.1 Å². The number of ether oxygens (including phenoxy) is 1. The van der Waals surface area contributed by atoms with Crippen LogP contribution in [-0.4, -0.2) is 41.8 Å². The number of hydrogen-bond acceptors (Lipinski definition) is 6. The molecule has 4 aromatic rings. The van der Waals surface area contributed by atoms with Crippen LogP contribution in [0.5, 0.6) is 17.4 Å². The number of hydrogen-bond donors (Lipinski definition) is 5. The summed E-state index contributed by atoms with van der Waals surface area (Å²) < 4.78 is 7.87. The maximum atomic E-state index is 12.7. The number of phenols is 1. The number of benzene rings is 2. The van der Waals surface area contributed by atoms with Crippen LogP contribution in [0, 0.1) is 0 Å². The lowest BCUT2D eigenvalue weighted by Gasteiger charge is -2.40.